The van der Waals surface area contributed by atoms with Gasteiger partial charge in [0.25, 0.3) is 0 Å². The largest absolute Gasteiger partial charge is 0.524 e. The molecule has 3 aromatic rings. The van der Waals surface area contributed by atoms with E-state index in [0.29, 0.717) is 0 Å². The summed E-state index contributed by atoms with van der Waals surface area (Å²) >= 11 is 0. The lowest BCUT2D eigenvalue weighted by Crippen LogP contribution is -2.52. The predicted molar refractivity (Wildman–Crippen MR) is 131 cm³/mol. The zero-order valence-electron chi connectivity index (χ0n) is 20.1. The van der Waals surface area contributed by atoms with E-state index in [1.807, 2.05) is 0 Å². The first-order valence-electron chi connectivity index (χ1n) is 10.7. The van der Waals surface area contributed by atoms with Crippen molar-refractivity contribution in [3.8, 4) is 0 Å². The summed E-state index contributed by atoms with van der Waals surface area (Å²) in [6.07, 6.45) is 0. The molecule has 0 bridgehead atoms. The van der Waals surface area contributed by atoms with Crippen molar-refractivity contribution in [1.82, 2.24) is 0 Å². The first kappa shape index (κ1) is 27.7. The lowest BCUT2D eigenvalue weighted by atomic mass is 10.2. The average Bonchev–Trinajstić information content (AvgIpc) is 2.83. The van der Waals surface area contributed by atoms with Crippen LogP contribution in [0.25, 0.3) is 0 Å². The summed E-state index contributed by atoms with van der Waals surface area (Å²) in [5, 5.41) is -1.43. The van der Waals surface area contributed by atoms with Gasteiger partial charge in [0.15, 0.2) is 0 Å². The van der Waals surface area contributed by atoms with Gasteiger partial charge in [-0.2, -0.15) is 25.2 Å². The van der Waals surface area contributed by atoms with Gasteiger partial charge in [-0.15, -0.1) is 8.86 Å². The number of hydrogen-bond acceptors (Lipinski definition) is 6. The molecule has 0 saturated heterocycles. The fourth-order valence-corrected chi connectivity index (χ4v) is 12.4. The van der Waals surface area contributed by atoms with Crippen molar-refractivity contribution in [3.63, 3.8) is 0 Å². The maximum absolute atomic E-state index is 14.7. The van der Waals surface area contributed by atoms with Crippen molar-refractivity contribution in [3.05, 3.63) is 91.0 Å². The second-order valence-electron chi connectivity index (χ2n) is 8.89. The Kier molecular flexibility index (Phi) is 6.64. The van der Waals surface area contributed by atoms with Crippen LogP contribution in [0.2, 0.25) is 0 Å². The third-order valence-corrected chi connectivity index (χ3v) is 13.9. The van der Waals surface area contributed by atoms with Gasteiger partial charge in [-0.25, -0.2) is 4.79 Å². The summed E-state index contributed by atoms with van der Waals surface area (Å²) in [5.74, 6) is 0. The maximum Gasteiger partial charge on any atom is 0.524 e. The highest BCUT2D eigenvalue weighted by atomic mass is 32.4. The molecule has 0 aliphatic rings. The van der Waals surface area contributed by atoms with Crippen molar-refractivity contribution in [1.29, 1.82) is 0 Å². The number of hydrogen-bond donors (Lipinski definition) is 0. The lowest BCUT2D eigenvalue weighted by Gasteiger charge is -2.78. The molecular weight excluding hydrogens is 517 g/mol. The maximum atomic E-state index is 14.7. The van der Waals surface area contributed by atoms with E-state index in [0.717, 1.165) is 7.11 Å². The Morgan fingerprint density at radius 3 is 1.31 bits per heavy atom. The molecule has 3 aromatic carbocycles. The molecule has 0 unspecified atom stereocenters. The molecule has 0 N–H and O–H groups in total. The molecule has 0 atom stereocenters. The molecule has 0 saturated carbocycles. The second kappa shape index (κ2) is 8.62. The van der Waals surface area contributed by atoms with E-state index in [4.69, 9.17) is 12.5 Å². The standard InChI is InChI=1S/C25H27F3O6S2/c1-24(2,3)33-23(29)36(32-4,20-14-8-5-9-15-20,21-16-10-6-11-17-21,22-18-12-7-13-19-22)34-35(30,31)25(26,27)28/h5-19H,1-4H3. The van der Waals surface area contributed by atoms with Crippen LogP contribution in [0.5, 0.6) is 0 Å². The van der Waals surface area contributed by atoms with Gasteiger partial charge in [-0.05, 0) is 57.2 Å². The van der Waals surface area contributed by atoms with Crippen molar-refractivity contribution in [2.45, 2.75) is 46.6 Å². The van der Waals surface area contributed by atoms with E-state index in [9.17, 15) is 26.4 Å². The zero-order chi connectivity index (χ0) is 26.9. The third-order valence-electron chi connectivity index (χ3n) is 5.58. The minimum absolute atomic E-state index is 0.264. The summed E-state index contributed by atoms with van der Waals surface area (Å²) in [6.45, 7) is 4.49. The Balaban J connectivity index is 2.84. The van der Waals surface area contributed by atoms with Crippen LogP contribution in [0.1, 0.15) is 20.8 Å². The van der Waals surface area contributed by atoms with Gasteiger partial charge in [-0.1, -0.05) is 54.6 Å². The quantitative estimate of drug-likeness (QED) is 0.239. The van der Waals surface area contributed by atoms with Gasteiger partial charge in [0.05, 0.1) is 7.11 Å². The van der Waals surface area contributed by atoms with Gasteiger partial charge >= 0.3 is 20.9 Å². The Labute approximate surface area is 207 Å². The number of rotatable bonds is 6. The summed E-state index contributed by atoms with van der Waals surface area (Å²) in [4.78, 5) is 13.9. The summed E-state index contributed by atoms with van der Waals surface area (Å²) < 4.78 is 85.6. The number of ether oxygens (including phenoxy) is 1. The predicted octanol–water partition coefficient (Wildman–Crippen LogP) is 7.32. The number of carbonyl (C=O) groups is 1. The van der Waals surface area contributed by atoms with Gasteiger partial charge in [0.2, 0.25) is 0 Å². The molecule has 0 aromatic heterocycles. The minimum atomic E-state index is -6.65. The van der Waals surface area contributed by atoms with Crippen molar-refractivity contribution >= 4 is 24.3 Å². The fraction of sp³-hybridized carbons (Fsp3) is 0.240. The molecule has 0 spiro atoms. The smallest absolute Gasteiger partial charge is 0.446 e. The highest BCUT2D eigenvalue weighted by Gasteiger charge is 2.73. The van der Waals surface area contributed by atoms with Crippen LogP contribution >= 0.6 is 8.86 Å². The zero-order valence-corrected chi connectivity index (χ0v) is 21.7. The number of halogens is 3. The van der Waals surface area contributed by atoms with E-state index in [1.165, 1.54) is 93.6 Å². The van der Waals surface area contributed by atoms with E-state index in [-0.39, 0.29) is 14.7 Å². The Hall–Kier alpha value is -2.86. The molecule has 36 heavy (non-hydrogen) atoms. The minimum Gasteiger partial charge on any atom is -0.446 e. The molecule has 3 rings (SSSR count). The van der Waals surface area contributed by atoms with Crippen LogP contribution in [-0.4, -0.2) is 31.9 Å². The normalized spacial score (nSPS) is 15.0. The summed E-state index contributed by atoms with van der Waals surface area (Å²) in [6, 6.07) is 21.1. The van der Waals surface area contributed by atoms with E-state index < -0.39 is 35.4 Å². The molecule has 196 valence electrons. The monoisotopic (exact) mass is 544 g/mol. The van der Waals surface area contributed by atoms with Crippen LogP contribution in [0.4, 0.5) is 18.0 Å². The number of alkyl halides is 3. The molecule has 0 heterocycles. The SMILES string of the molecule is COS(OS(=O)(=O)C(F)(F)F)(C(=O)OC(C)(C)C)(c1ccccc1)(c1ccccc1)c1ccccc1. The topological polar surface area (TPSA) is 78.9 Å². The van der Waals surface area contributed by atoms with Crippen LogP contribution in [0.3, 0.4) is 0 Å². The fourth-order valence-electron chi connectivity index (χ4n) is 4.04. The van der Waals surface area contributed by atoms with Crippen LogP contribution in [-0.2, 0) is 22.7 Å². The van der Waals surface area contributed by atoms with Crippen molar-refractivity contribution in [2.75, 3.05) is 7.11 Å². The summed E-state index contributed by atoms with van der Waals surface area (Å²) in [5.41, 5.74) is -7.19. The lowest BCUT2D eigenvalue weighted by molar-refractivity contribution is -0.0504. The Bertz CT molecular complexity index is 1250. The number of benzene rings is 3. The van der Waals surface area contributed by atoms with E-state index >= 15 is 0 Å². The molecule has 6 nitrogen and oxygen atoms in total. The van der Waals surface area contributed by atoms with Crippen LogP contribution in [0, 0.1) is 0 Å². The Morgan fingerprint density at radius 2 is 1.06 bits per heavy atom. The molecule has 0 amide bonds. The summed E-state index contributed by atoms with van der Waals surface area (Å²) in [7, 11) is -12.2. The number of carbonyl (C=O) groups excluding carboxylic acids is 1. The van der Waals surface area contributed by atoms with E-state index in [2.05, 4.69) is 0 Å². The van der Waals surface area contributed by atoms with Crippen molar-refractivity contribution in [2.24, 2.45) is 0 Å². The molecule has 11 heteroatoms. The second-order valence-corrected chi connectivity index (χ2v) is 15.6. The van der Waals surface area contributed by atoms with Crippen LogP contribution in [0.15, 0.2) is 106 Å². The highest BCUT2D eigenvalue weighted by Crippen LogP contribution is 3.04. The van der Waals surface area contributed by atoms with Crippen molar-refractivity contribution < 1.29 is 38.9 Å². The molecule has 0 aliphatic carbocycles. The molecule has 0 radical (unpaired) electrons. The van der Waals surface area contributed by atoms with E-state index in [1.54, 1.807) is 18.2 Å². The third kappa shape index (κ3) is 3.64. The van der Waals surface area contributed by atoms with Gasteiger partial charge in [0.1, 0.15) is 5.60 Å². The molecule has 0 fully saturated rings. The highest BCUT2D eigenvalue weighted by molar-refractivity contribution is 8.69. The van der Waals surface area contributed by atoms with Gasteiger partial charge in [0, 0.05) is 14.7 Å². The first-order chi connectivity index (χ1) is 16.6. The van der Waals surface area contributed by atoms with Gasteiger partial charge in [-0.3, -0.25) is 4.18 Å². The van der Waals surface area contributed by atoms with Crippen LogP contribution < -0.4 is 0 Å². The Morgan fingerprint density at radius 1 is 0.722 bits per heavy atom. The van der Waals surface area contributed by atoms with Gasteiger partial charge < -0.3 is 4.74 Å². The average molecular weight is 545 g/mol. The molecular formula is C25H27F3O6S2. The molecule has 0 aliphatic heterocycles. The first-order valence-corrected chi connectivity index (χ1v) is 14.4.